The third-order valence-corrected chi connectivity index (χ3v) is 3.76. The standard InChI is InChI=1S/C16H21NO7/c1-8(19)10-3-5-11(6-4-10)23-16-13(17-9(2)20)15(22)14(21)12(7-18)24-16/h3-6,12-16,18,21-22H,7H2,1-2H3,(H,17,20)/t12-,13-,14+,15-,16-/m0/s1. The normalized spacial score (nSPS) is 29.8. The molecule has 0 radical (unpaired) electrons. The minimum Gasteiger partial charge on any atom is -0.463 e. The molecule has 1 aliphatic rings. The van der Waals surface area contributed by atoms with Gasteiger partial charge in [0, 0.05) is 12.5 Å². The predicted octanol–water partition coefficient (Wildman–Crippen LogP) is -0.788. The number of hydrogen-bond donors (Lipinski definition) is 4. The highest BCUT2D eigenvalue weighted by atomic mass is 16.7. The second-order valence-electron chi connectivity index (χ2n) is 5.63. The molecule has 1 saturated heterocycles. The van der Waals surface area contributed by atoms with Crippen molar-refractivity contribution in [3.63, 3.8) is 0 Å². The van der Waals surface area contributed by atoms with Crippen molar-refractivity contribution in [2.45, 2.75) is 44.5 Å². The van der Waals surface area contributed by atoms with Crippen LogP contribution in [0, 0.1) is 0 Å². The molecule has 0 aliphatic carbocycles. The molecular formula is C16H21NO7. The number of benzene rings is 1. The van der Waals surface area contributed by atoms with E-state index in [1.54, 1.807) is 24.3 Å². The van der Waals surface area contributed by atoms with Crippen LogP contribution in [0.5, 0.6) is 5.75 Å². The highest BCUT2D eigenvalue weighted by Gasteiger charge is 2.46. The zero-order valence-electron chi connectivity index (χ0n) is 13.4. The maximum Gasteiger partial charge on any atom is 0.223 e. The number of aliphatic hydroxyl groups is 3. The van der Waals surface area contributed by atoms with Gasteiger partial charge in [-0.3, -0.25) is 9.59 Å². The van der Waals surface area contributed by atoms with Crippen molar-refractivity contribution in [1.82, 2.24) is 5.32 Å². The molecule has 1 aromatic carbocycles. The smallest absolute Gasteiger partial charge is 0.223 e. The van der Waals surface area contributed by atoms with Crippen molar-refractivity contribution in [1.29, 1.82) is 0 Å². The maximum absolute atomic E-state index is 11.3. The van der Waals surface area contributed by atoms with E-state index < -0.39 is 43.2 Å². The fourth-order valence-corrected chi connectivity index (χ4v) is 2.47. The maximum atomic E-state index is 11.3. The molecule has 24 heavy (non-hydrogen) atoms. The predicted molar refractivity (Wildman–Crippen MR) is 82.4 cm³/mol. The van der Waals surface area contributed by atoms with Crippen LogP contribution >= 0.6 is 0 Å². The van der Waals surface area contributed by atoms with E-state index >= 15 is 0 Å². The van der Waals surface area contributed by atoms with Crippen LogP contribution in [0.15, 0.2) is 24.3 Å². The number of ether oxygens (including phenoxy) is 2. The van der Waals surface area contributed by atoms with Crippen molar-refractivity contribution in [2.24, 2.45) is 0 Å². The van der Waals surface area contributed by atoms with Crippen LogP contribution in [0.4, 0.5) is 0 Å². The topological polar surface area (TPSA) is 125 Å². The average Bonchev–Trinajstić information content (AvgIpc) is 2.54. The molecule has 1 aliphatic heterocycles. The molecule has 0 unspecified atom stereocenters. The molecule has 4 N–H and O–H groups in total. The summed E-state index contributed by atoms with van der Waals surface area (Å²) < 4.78 is 11.1. The molecule has 0 spiro atoms. The van der Waals surface area contributed by atoms with E-state index in [1.807, 2.05) is 0 Å². The van der Waals surface area contributed by atoms with Crippen LogP contribution in [0.1, 0.15) is 24.2 Å². The van der Waals surface area contributed by atoms with Gasteiger partial charge in [0.2, 0.25) is 12.2 Å². The van der Waals surface area contributed by atoms with Crippen molar-refractivity contribution in [3.8, 4) is 5.75 Å². The summed E-state index contributed by atoms with van der Waals surface area (Å²) in [4.78, 5) is 22.6. The van der Waals surface area contributed by atoms with Gasteiger partial charge in [0.25, 0.3) is 0 Å². The van der Waals surface area contributed by atoms with Gasteiger partial charge in [0.15, 0.2) is 5.78 Å². The van der Waals surface area contributed by atoms with Gasteiger partial charge in [-0.15, -0.1) is 0 Å². The van der Waals surface area contributed by atoms with E-state index in [0.29, 0.717) is 11.3 Å². The Hall–Kier alpha value is -2.00. The number of nitrogens with one attached hydrogen (secondary N) is 1. The molecular weight excluding hydrogens is 318 g/mol. The van der Waals surface area contributed by atoms with Crippen LogP contribution in [-0.2, 0) is 9.53 Å². The van der Waals surface area contributed by atoms with Crippen LogP contribution in [0.2, 0.25) is 0 Å². The van der Waals surface area contributed by atoms with Gasteiger partial charge in [-0.1, -0.05) is 0 Å². The Labute approximate surface area is 139 Å². The Bertz CT molecular complexity index is 589. The van der Waals surface area contributed by atoms with Gasteiger partial charge >= 0.3 is 0 Å². The largest absolute Gasteiger partial charge is 0.463 e. The number of carbonyl (C=O) groups is 2. The minimum atomic E-state index is -1.37. The van der Waals surface area contributed by atoms with Crippen molar-refractivity contribution in [2.75, 3.05) is 6.61 Å². The van der Waals surface area contributed by atoms with Crippen LogP contribution < -0.4 is 10.1 Å². The highest BCUT2D eigenvalue weighted by Crippen LogP contribution is 2.24. The molecule has 0 bridgehead atoms. The Morgan fingerprint density at radius 1 is 1.17 bits per heavy atom. The van der Waals surface area contributed by atoms with Gasteiger partial charge in [-0.25, -0.2) is 0 Å². The average molecular weight is 339 g/mol. The molecule has 2 rings (SSSR count). The monoisotopic (exact) mass is 339 g/mol. The molecule has 8 heteroatoms. The number of rotatable bonds is 5. The second-order valence-corrected chi connectivity index (χ2v) is 5.63. The summed E-state index contributed by atoms with van der Waals surface area (Å²) in [6.45, 7) is 2.18. The van der Waals surface area contributed by atoms with E-state index in [2.05, 4.69) is 5.32 Å². The van der Waals surface area contributed by atoms with Gasteiger partial charge in [0.1, 0.15) is 30.1 Å². The molecule has 1 amide bonds. The SMILES string of the molecule is CC(=O)N[C@@H]1[C@@H](Oc2ccc(C(C)=O)cc2)O[C@@H](CO)[C@@H](O)[C@H]1O. The van der Waals surface area contributed by atoms with Crippen LogP contribution in [-0.4, -0.2) is 64.3 Å². The Morgan fingerprint density at radius 2 is 1.79 bits per heavy atom. The van der Waals surface area contributed by atoms with Gasteiger partial charge in [-0.05, 0) is 31.2 Å². The summed E-state index contributed by atoms with van der Waals surface area (Å²) in [6, 6.07) is 5.23. The summed E-state index contributed by atoms with van der Waals surface area (Å²) in [6.07, 6.45) is -4.91. The molecule has 0 saturated carbocycles. The fraction of sp³-hybridized carbons (Fsp3) is 0.500. The van der Waals surface area contributed by atoms with E-state index in [1.165, 1.54) is 13.8 Å². The number of carbonyl (C=O) groups excluding carboxylic acids is 2. The number of aliphatic hydroxyl groups excluding tert-OH is 3. The lowest BCUT2D eigenvalue weighted by molar-refractivity contribution is -0.244. The van der Waals surface area contributed by atoms with Crippen molar-refractivity contribution in [3.05, 3.63) is 29.8 Å². The molecule has 8 nitrogen and oxygen atoms in total. The molecule has 0 aromatic heterocycles. The van der Waals surface area contributed by atoms with Gasteiger partial charge in [-0.2, -0.15) is 0 Å². The lowest BCUT2D eigenvalue weighted by Gasteiger charge is -2.42. The molecule has 5 atom stereocenters. The zero-order valence-corrected chi connectivity index (χ0v) is 13.4. The minimum absolute atomic E-state index is 0.0921. The summed E-state index contributed by atoms with van der Waals surface area (Å²) in [7, 11) is 0. The molecule has 1 aromatic rings. The second kappa shape index (κ2) is 7.71. The van der Waals surface area contributed by atoms with Crippen molar-refractivity contribution >= 4 is 11.7 Å². The van der Waals surface area contributed by atoms with E-state index in [0.717, 1.165) is 0 Å². The zero-order chi connectivity index (χ0) is 17.9. The first kappa shape index (κ1) is 18.3. The fourth-order valence-electron chi connectivity index (χ4n) is 2.47. The Kier molecular flexibility index (Phi) is 5.89. The summed E-state index contributed by atoms with van der Waals surface area (Å²) >= 11 is 0. The van der Waals surface area contributed by atoms with E-state index in [-0.39, 0.29) is 5.78 Å². The number of ketones is 1. The first-order chi connectivity index (χ1) is 11.3. The van der Waals surface area contributed by atoms with Gasteiger partial charge < -0.3 is 30.1 Å². The van der Waals surface area contributed by atoms with Gasteiger partial charge in [0.05, 0.1) is 6.61 Å². The third kappa shape index (κ3) is 4.09. The number of hydrogen-bond acceptors (Lipinski definition) is 7. The Morgan fingerprint density at radius 3 is 2.29 bits per heavy atom. The molecule has 1 heterocycles. The quantitative estimate of drug-likeness (QED) is 0.518. The lowest BCUT2D eigenvalue weighted by Crippen LogP contribution is -2.65. The summed E-state index contributed by atoms with van der Waals surface area (Å²) in [5.74, 6) is -0.177. The van der Waals surface area contributed by atoms with E-state index in [4.69, 9.17) is 9.47 Å². The first-order valence-corrected chi connectivity index (χ1v) is 7.50. The van der Waals surface area contributed by atoms with Crippen LogP contribution in [0.25, 0.3) is 0 Å². The molecule has 132 valence electrons. The summed E-state index contributed by atoms with van der Waals surface area (Å²) in [5.41, 5.74) is 0.508. The Balaban J connectivity index is 2.19. The number of Topliss-reactive ketones (excluding diaryl/α,β-unsaturated/α-hetero) is 1. The van der Waals surface area contributed by atoms with E-state index in [9.17, 15) is 24.9 Å². The lowest BCUT2D eigenvalue weighted by atomic mass is 9.97. The molecule has 1 fully saturated rings. The van der Waals surface area contributed by atoms with Crippen LogP contribution in [0.3, 0.4) is 0 Å². The van der Waals surface area contributed by atoms with Crippen molar-refractivity contribution < 1.29 is 34.4 Å². The number of amides is 1. The third-order valence-electron chi connectivity index (χ3n) is 3.76. The summed E-state index contributed by atoms with van der Waals surface area (Å²) in [5, 5.41) is 31.8. The first-order valence-electron chi connectivity index (χ1n) is 7.50. The highest BCUT2D eigenvalue weighted by molar-refractivity contribution is 5.94.